The molecule has 3 rings (SSSR count). The molecule has 128 valence electrons. The summed E-state index contributed by atoms with van der Waals surface area (Å²) in [7, 11) is 0. The number of carbonyl (C=O) groups excluding carboxylic acids is 1. The smallest absolute Gasteiger partial charge is 0.253 e. The molecule has 2 heterocycles. The molecule has 0 spiro atoms. The molecule has 2 N–H and O–H groups in total. The van der Waals surface area contributed by atoms with Gasteiger partial charge in [-0.2, -0.15) is 0 Å². The number of nitrogens with one attached hydrogen (secondary N) is 1. The molecule has 1 aromatic heterocycles. The van der Waals surface area contributed by atoms with Crippen LogP contribution in [-0.2, 0) is 11.3 Å². The van der Waals surface area contributed by atoms with Crippen LogP contribution in [0.5, 0.6) is 0 Å². The number of aliphatic hydroxyl groups excluding tert-OH is 1. The Balaban J connectivity index is 1.47. The van der Waals surface area contributed by atoms with Gasteiger partial charge in [-0.15, -0.1) is 11.3 Å². The second-order valence-electron chi connectivity index (χ2n) is 6.10. The van der Waals surface area contributed by atoms with Crippen LogP contribution in [-0.4, -0.2) is 35.0 Å². The van der Waals surface area contributed by atoms with Crippen molar-refractivity contribution in [3.8, 4) is 0 Å². The molecule has 2 aromatic rings. The topological polar surface area (TPSA) is 52.6 Å². The number of piperidine rings is 1. The number of aliphatic hydroxyl groups is 1. The summed E-state index contributed by atoms with van der Waals surface area (Å²) < 4.78 is 0. The highest BCUT2D eigenvalue weighted by atomic mass is 35.5. The maximum atomic E-state index is 12.2. The minimum Gasteiger partial charge on any atom is -0.378 e. The highest BCUT2D eigenvalue weighted by Gasteiger charge is 2.24. The lowest BCUT2D eigenvalue weighted by Gasteiger charge is -2.32. The molecular formula is C18H21ClN2O2S. The molecule has 6 heteroatoms. The zero-order valence-electron chi connectivity index (χ0n) is 13.3. The number of amides is 1. The van der Waals surface area contributed by atoms with Gasteiger partial charge in [-0.25, -0.2) is 0 Å². The van der Waals surface area contributed by atoms with E-state index < -0.39 is 6.10 Å². The molecule has 0 aliphatic carbocycles. The number of likely N-dealkylation sites (tertiary alicyclic amines) is 1. The SMILES string of the molecule is O=C(NC1CCN(Cc2cccs2)CC1)[C@H](O)c1cccc(Cl)c1. The van der Waals surface area contributed by atoms with Gasteiger partial charge >= 0.3 is 0 Å². The van der Waals surface area contributed by atoms with E-state index >= 15 is 0 Å². The Labute approximate surface area is 151 Å². The molecule has 1 saturated heterocycles. The molecule has 0 unspecified atom stereocenters. The van der Waals surface area contributed by atoms with E-state index in [-0.39, 0.29) is 11.9 Å². The highest BCUT2D eigenvalue weighted by molar-refractivity contribution is 7.09. The quantitative estimate of drug-likeness (QED) is 0.856. The molecule has 1 fully saturated rings. The Morgan fingerprint density at radius 3 is 2.79 bits per heavy atom. The van der Waals surface area contributed by atoms with Crippen molar-refractivity contribution in [1.29, 1.82) is 0 Å². The van der Waals surface area contributed by atoms with Gasteiger partial charge in [-0.1, -0.05) is 29.8 Å². The zero-order chi connectivity index (χ0) is 16.9. The summed E-state index contributed by atoms with van der Waals surface area (Å²) in [6, 6.07) is 11.1. The Bertz CT molecular complexity index is 669. The van der Waals surface area contributed by atoms with Gasteiger partial charge in [0.15, 0.2) is 6.10 Å². The van der Waals surface area contributed by atoms with Gasteiger partial charge in [-0.3, -0.25) is 9.69 Å². The molecule has 1 aliphatic heterocycles. The highest BCUT2D eigenvalue weighted by Crippen LogP contribution is 2.20. The van der Waals surface area contributed by atoms with Crippen LogP contribution < -0.4 is 5.32 Å². The minimum absolute atomic E-state index is 0.117. The first-order valence-corrected chi connectivity index (χ1v) is 9.36. The fourth-order valence-corrected chi connectivity index (χ4v) is 3.91. The number of halogens is 1. The summed E-state index contributed by atoms with van der Waals surface area (Å²) in [5.41, 5.74) is 0.523. The monoisotopic (exact) mass is 364 g/mol. The third kappa shape index (κ3) is 4.57. The lowest BCUT2D eigenvalue weighted by molar-refractivity contribution is -0.130. The Morgan fingerprint density at radius 1 is 1.33 bits per heavy atom. The van der Waals surface area contributed by atoms with Gasteiger partial charge in [0.05, 0.1) is 0 Å². The fraction of sp³-hybridized carbons (Fsp3) is 0.389. The van der Waals surface area contributed by atoms with Crippen LogP contribution in [0.2, 0.25) is 5.02 Å². The maximum Gasteiger partial charge on any atom is 0.253 e. The van der Waals surface area contributed by atoms with E-state index in [1.54, 1.807) is 35.6 Å². The Kier molecular flexibility index (Phi) is 5.89. The normalized spacial score (nSPS) is 17.6. The summed E-state index contributed by atoms with van der Waals surface area (Å²) in [5, 5.41) is 15.8. The Hall–Kier alpha value is -1.40. The second kappa shape index (κ2) is 8.12. The number of rotatable bonds is 5. The number of hydrogen-bond acceptors (Lipinski definition) is 4. The summed E-state index contributed by atoms with van der Waals surface area (Å²) >= 11 is 7.69. The predicted molar refractivity (Wildman–Crippen MR) is 97.2 cm³/mol. The van der Waals surface area contributed by atoms with Crippen molar-refractivity contribution < 1.29 is 9.90 Å². The van der Waals surface area contributed by atoms with Crippen molar-refractivity contribution >= 4 is 28.8 Å². The van der Waals surface area contributed by atoms with Crippen LogP contribution in [0.15, 0.2) is 41.8 Å². The van der Waals surface area contributed by atoms with E-state index in [4.69, 9.17) is 11.6 Å². The van der Waals surface area contributed by atoms with E-state index in [9.17, 15) is 9.90 Å². The zero-order valence-corrected chi connectivity index (χ0v) is 14.9. The number of nitrogens with zero attached hydrogens (tertiary/aromatic N) is 1. The van der Waals surface area contributed by atoms with Crippen molar-refractivity contribution in [1.82, 2.24) is 10.2 Å². The van der Waals surface area contributed by atoms with E-state index in [0.29, 0.717) is 10.6 Å². The van der Waals surface area contributed by atoms with Crippen LogP contribution in [0.3, 0.4) is 0 Å². The van der Waals surface area contributed by atoms with Crippen molar-refractivity contribution in [2.45, 2.75) is 31.5 Å². The van der Waals surface area contributed by atoms with Crippen LogP contribution in [0.25, 0.3) is 0 Å². The first-order valence-electron chi connectivity index (χ1n) is 8.10. The third-order valence-corrected chi connectivity index (χ3v) is 5.40. The summed E-state index contributed by atoms with van der Waals surface area (Å²) in [6.07, 6.45) is 0.631. The average Bonchev–Trinajstić information content (AvgIpc) is 3.09. The fourth-order valence-electron chi connectivity index (χ4n) is 2.97. The second-order valence-corrected chi connectivity index (χ2v) is 7.56. The summed E-state index contributed by atoms with van der Waals surface area (Å²) in [4.78, 5) is 16.0. The maximum absolute atomic E-state index is 12.2. The van der Waals surface area contributed by atoms with E-state index in [1.165, 1.54) is 4.88 Å². The summed E-state index contributed by atoms with van der Waals surface area (Å²) in [6.45, 7) is 2.88. The van der Waals surface area contributed by atoms with Gasteiger partial charge < -0.3 is 10.4 Å². The number of carbonyl (C=O) groups is 1. The van der Waals surface area contributed by atoms with Crippen molar-refractivity contribution in [3.63, 3.8) is 0 Å². The van der Waals surface area contributed by atoms with Gasteiger partial charge in [0, 0.05) is 35.6 Å². The third-order valence-electron chi connectivity index (χ3n) is 4.31. The predicted octanol–water partition coefficient (Wildman–Crippen LogP) is 3.22. The first kappa shape index (κ1) is 17.4. The van der Waals surface area contributed by atoms with E-state index in [2.05, 4.69) is 27.7 Å². The lowest BCUT2D eigenvalue weighted by atomic mass is 10.0. The number of hydrogen-bond donors (Lipinski definition) is 2. The molecule has 0 radical (unpaired) electrons. The van der Waals surface area contributed by atoms with Gasteiger partial charge in [0.1, 0.15) is 0 Å². The lowest BCUT2D eigenvalue weighted by Crippen LogP contribution is -2.45. The molecule has 0 bridgehead atoms. The molecule has 1 aliphatic rings. The van der Waals surface area contributed by atoms with E-state index in [1.807, 2.05) is 0 Å². The van der Waals surface area contributed by atoms with Crippen molar-refractivity contribution in [3.05, 3.63) is 57.2 Å². The molecule has 24 heavy (non-hydrogen) atoms. The average molecular weight is 365 g/mol. The molecule has 1 aromatic carbocycles. The molecule has 1 atom stereocenters. The van der Waals surface area contributed by atoms with Crippen molar-refractivity contribution in [2.75, 3.05) is 13.1 Å². The standard InChI is InChI=1S/C18H21ClN2O2S/c19-14-4-1-3-13(11-14)17(22)18(23)20-15-6-8-21(9-7-15)12-16-5-2-10-24-16/h1-5,10-11,15,17,22H,6-9,12H2,(H,20,23)/t17-/m1/s1. The van der Waals surface area contributed by atoms with Crippen molar-refractivity contribution in [2.24, 2.45) is 0 Å². The molecule has 0 saturated carbocycles. The molecule has 4 nitrogen and oxygen atoms in total. The van der Waals surface area contributed by atoms with Gasteiger partial charge in [0.2, 0.25) is 0 Å². The first-order chi connectivity index (χ1) is 11.6. The van der Waals surface area contributed by atoms with Crippen LogP contribution in [0, 0.1) is 0 Å². The minimum atomic E-state index is -1.17. The van der Waals surface area contributed by atoms with Gasteiger partial charge in [-0.05, 0) is 42.0 Å². The van der Waals surface area contributed by atoms with Crippen LogP contribution in [0.4, 0.5) is 0 Å². The Morgan fingerprint density at radius 2 is 2.12 bits per heavy atom. The summed E-state index contributed by atoms with van der Waals surface area (Å²) in [5.74, 6) is -0.353. The number of benzene rings is 1. The molecule has 1 amide bonds. The van der Waals surface area contributed by atoms with Gasteiger partial charge in [0.25, 0.3) is 5.91 Å². The number of thiophene rings is 1. The largest absolute Gasteiger partial charge is 0.378 e. The van der Waals surface area contributed by atoms with E-state index in [0.717, 1.165) is 32.5 Å². The van der Waals surface area contributed by atoms with Crippen LogP contribution in [0.1, 0.15) is 29.4 Å². The van der Waals surface area contributed by atoms with Crippen LogP contribution >= 0.6 is 22.9 Å². The molecular weight excluding hydrogens is 344 g/mol.